The normalized spacial score (nSPS) is 22.8. The molecule has 2 saturated heterocycles. The van der Waals surface area contributed by atoms with E-state index in [4.69, 9.17) is 9.47 Å². The summed E-state index contributed by atoms with van der Waals surface area (Å²) < 4.78 is 11.4. The lowest BCUT2D eigenvalue weighted by molar-refractivity contribution is -0.136. The number of amides is 2. The average molecular weight is 421 g/mol. The Morgan fingerprint density at radius 3 is 2.71 bits per heavy atom. The fourth-order valence-electron chi connectivity index (χ4n) is 5.01. The van der Waals surface area contributed by atoms with E-state index < -0.39 is 0 Å². The second-order valence-electron chi connectivity index (χ2n) is 8.72. The van der Waals surface area contributed by atoms with Crippen LogP contribution in [0.25, 0.3) is 0 Å². The molecule has 2 unspecified atom stereocenters. The van der Waals surface area contributed by atoms with E-state index in [2.05, 4.69) is 0 Å². The predicted molar refractivity (Wildman–Crippen MR) is 117 cm³/mol. The number of anilines is 1. The molecule has 0 bridgehead atoms. The standard InChI is InChI=1S/C25H28N2O4/c1-16-5-3-6-20(17(16)2)27-15-19(14-24(27)28)25(29)26-10-4-7-21(26)18-8-9-22-23(13-18)31-12-11-30-22/h3,5-6,8-9,13,19,21H,4,7,10-12,14-15H2,1-2H3. The number of fused-ring (bicyclic) bond motifs is 1. The van der Waals surface area contributed by atoms with Gasteiger partial charge < -0.3 is 19.3 Å². The van der Waals surface area contributed by atoms with Gasteiger partial charge in [0.1, 0.15) is 13.2 Å². The van der Waals surface area contributed by atoms with Crippen molar-refractivity contribution in [3.8, 4) is 11.5 Å². The molecule has 6 nitrogen and oxygen atoms in total. The van der Waals surface area contributed by atoms with E-state index in [0.29, 0.717) is 19.8 Å². The van der Waals surface area contributed by atoms with E-state index in [-0.39, 0.29) is 30.2 Å². The maximum absolute atomic E-state index is 13.5. The SMILES string of the molecule is Cc1cccc(N2CC(C(=O)N3CCCC3c3ccc4c(c3)OCCO4)CC2=O)c1C. The first-order chi connectivity index (χ1) is 15.0. The molecule has 3 heterocycles. The molecular weight excluding hydrogens is 392 g/mol. The lowest BCUT2D eigenvalue weighted by Crippen LogP contribution is -2.37. The van der Waals surface area contributed by atoms with Crippen molar-refractivity contribution in [2.24, 2.45) is 5.92 Å². The van der Waals surface area contributed by atoms with Crippen LogP contribution in [-0.4, -0.2) is 43.0 Å². The third kappa shape index (κ3) is 3.54. The maximum atomic E-state index is 13.5. The van der Waals surface area contributed by atoms with Gasteiger partial charge in [0.05, 0.1) is 12.0 Å². The molecule has 2 amide bonds. The monoisotopic (exact) mass is 420 g/mol. The summed E-state index contributed by atoms with van der Waals surface area (Å²) >= 11 is 0. The molecule has 0 spiro atoms. The number of aryl methyl sites for hydroxylation is 1. The first-order valence-electron chi connectivity index (χ1n) is 11.1. The maximum Gasteiger partial charge on any atom is 0.228 e. The van der Waals surface area contributed by atoms with Crippen molar-refractivity contribution in [1.29, 1.82) is 0 Å². The molecule has 2 fully saturated rings. The number of nitrogens with zero attached hydrogens (tertiary/aromatic N) is 2. The summed E-state index contributed by atoms with van der Waals surface area (Å²) in [6.07, 6.45) is 2.16. The highest BCUT2D eigenvalue weighted by atomic mass is 16.6. The highest BCUT2D eigenvalue weighted by Crippen LogP contribution is 2.40. The predicted octanol–water partition coefficient (Wildman–Crippen LogP) is 3.79. The fraction of sp³-hybridized carbons (Fsp3) is 0.440. The lowest BCUT2D eigenvalue weighted by atomic mass is 10.0. The van der Waals surface area contributed by atoms with Gasteiger partial charge in [-0.25, -0.2) is 0 Å². The first-order valence-corrected chi connectivity index (χ1v) is 11.1. The molecule has 31 heavy (non-hydrogen) atoms. The molecule has 162 valence electrons. The molecule has 0 radical (unpaired) electrons. The van der Waals surface area contributed by atoms with Gasteiger partial charge >= 0.3 is 0 Å². The fourth-order valence-corrected chi connectivity index (χ4v) is 5.01. The van der Waals surface area contributed by atoms with Crippen molar-refractivity contribution in [2.75, 3.05) is 31.2 Å². The smallest absolute Gasteiger partial charge is 0.228 e. The van der Waals surface area contributed by atoms with Gasteiger partial charge in [-0.3, -0.25) is 9.59 Å². The Bertz CT molecular complexity index is 1030. The molecule has 0 aliphatic carbocycles. The van der Waals surface area contributed by atoms with E-state index in [1.165, 1.54) is 0 Å². The number of benzene rings is 2. The third-order valence-corrected chi connectivity index (χ3v) is 6.83. The van der Waals surface area contributed by atoms with Crippen molar-refractivity contribution in [1.82, 2.24) is 4.90 Å². The molecule has 3 aliphatic heterocycles. The summed E-state index contributed by atoms with van der Waals surface area (Å²) in [5, 5.41) is 0. The highest BCUT2D eigenvalue weighted by molar-refractivity contribution is 6.01. The Balaban J connectivity index is 1.35. The Morgan fingerprint density at radius 2 is 1.87 bits per heavy atom. The summed E-state index contributed by atoms with van der Waals surface area (Å²) in [7, 11) is 0. The van der Waals surface area contributed by atoms with E-state index in [1.807, 2.05) is 55.1 Å². The van der Waals surface area contributed by atoms with Crippen molar-refractivity contribution in [3.05, 3.63) is 53.1 Å². The van der Waals surface area contributed by atoms with Crippen LogP contribution in [0.2, 0.25) is 0 Å². The van der Waals surface area contributed by atoms with Crippen molar-refractivity contribution in [3.63, 3.8) is 0 Å². The van der Waals surface area contributed by atoms with Crippen molar-refractivity contribution in [2.45, 2.75) is 39.2 Å². The largest absolute Gasteiger partial charge is 0.486 e. The summed E-state index contributed by atoms with van der Waals surface area (Å²) in [5.74, 6) is 1.32. The Labute approximate surface area is 182 Å². The minimum Gasteiger partial charge on any atom is -0.486 e. The van der Waals surface area contributed by atoms with Crippen LogP contribution >= 0.6 is 0 Å². The van der Waals surface area contributed by atoms with Crippen LogP contribution in [0.1, 0.15) is 42.0 Å². The number of hydrogen-bond donors (Lipinski definition) is 0. The van der Waals surface area contributed by atoms with Gasteiger partial charge in [0.2, 0.25) is 11.8 Å². The Kier molecular flexibility index (Phi) is 5.08. The van der Waals surface area contributed by atoms with Crippen LogP contribution in [0, 0.1) is 19.8 Å². The zero-order chi connectivity index (χ0) is 21.5. The molecule has 3 aliphatic rings. The van der Waals surface area contributed by atoms with Gasteiger partial charge in [-0.05, 0) is 61.6 Å². The van der Waals surface area contributed by atoms with Crippen LogP contribution in [0.15, 0.2) is 36.4 Å². The molecule has 0 N–H and O–H groups in total. The van der Waals surface area contributed by atoms with Crippen molar-refractivity contribution < 1.29 is 19.1 Å². The molecule has 0 saturated carbocycles. The van der Waals surface area contributed by atoms with Crippen LogP contribution in [0.3, 0.4) is 0 Å². The lowest BCUT2D eigenvalue weighted by Gasteiger charge is -2.29. The van der Waals surface area contributed by atoms with Crippen molar-refractivity contribution >= 4 is 17.5 Å². The molecule has 2 aromatic rings. The summed E-state index contributed by atoms with van der Waals surface area (Å²) in [5.41, 5.74) is 4.24. The number of rotatable bonds is 3. The van der Waals surface area contributed by atoms with E-state index in [0.717, 1.165) is 53.3 Å². The van der Waals surface area contributed by atoms with E-state index >= 15 is 0 Å². The second kappa shape index (κ2) is 7.91. The number of carbonyl (C=O) groups excluding carboxylic acids is 2. The Morgan fingerprint density at radius 1 is 1.06 bits per heavy atom. The minimum atomic E-state index is -0.301. The molecule has 2 aromatic carbocycles. The number of ether oxygens (including phenoxy) is 2. The molecular formula is C25H28N2O4. The van der Waals surface area contributed by atoms with E-state index in [1.54, 1.807) is 4.90 Å². The van der Waals surface area contributed by atoms with Crippen LogP contribution in [0.5, 0.6) is 11.5 Å². The van der Waals surface area contributed by atoms with Gasteiger partial charge in [0.15, 0.2) is 11.5 Å². The van der Waals surface area contributed by atoms with Gasteiger partial charge in [-0.15, -0.1) is 0 Å². The number of carbonyl (C=O) groups is 2. The summed E-state index contributed by atoms with van der Waals surface area (Å²) in [4.78, 5) is 30.1. The van der Waals surface area contributed by atoms with Gasteiger partial charge in [-0.1, -0.05) is 18.2 Å². The summed E-state index contributed by atoms with van der Waals surface area (Å²) in [6.45, 7) is 6.36. The van der Waals surface area contributed by atoms with Crippen LogP contribution in [0.4, 0.5) is 5.69 Å². The number of hydrogen-bond acceptors (Lipinski definition) is 4. The topological polar surface area (TPSA) is 59.1 Å². The highest BCUT2D eigenvalue weighted by Gasteiger charge is 2.41. The minimum absolute atomic E-state index is 0.0215. The van der Waals surface area contributed by atoms with E-state index in [9.17, 15) is 9.59 Å². The first kappa shape index (κ1) is 19.9. The third-order valence-electron chi connectivity index (χ3n) is 6.83. The zero-order valence-corrected chi connectivity index (χ0v) is 18.1. The average Bonchev–Trinajstić information content (AvgIpc) is 3.42. The molecule has 0 aromatic heterocycles. The molecule has 5 rings (SSSR count). The number of likely N-dealkylation sites (tertiary alicyclic amines) is 1. The summed E-state index contributed by atoms with van der Waals surface area (Å²) in [6, 6.07) is 12.0. The van der Waals surface area contributed by atoms with Crippen LogP contribution < -0.4 is 14.4 Å². The Hall–Kier alpha value is -3.02. The van der Waals surface area contributed by atoms with Gasteiger partial charge in [0, 0.05) is 25.2 Å². The second-order valence-corrected chi connectivity index (χ2v) is 8.72. The molecule has 2 atom stereocenters. The van der Waals surface area contributed by atoms with Crippen LogP contribution in [-0.2, 0) is 9.59 Å². The van der Waals surface area contributed by atoms with Gasteiger partial charge in [0.25, 0.3) is 0 Å². The zero-order valence-electron chi connectivity index (χ0n) is 18.1. The molecule has 6 heteroatoms. The quantitative estimate of drug-likeness (QED) is 0.758. The van der Waals surface area contributed by atoms with Gasteiger partial charge in [-0.2, -0.15) is 0 Å².